The molecule has 1 aromatic rings. The molecule has 2 N–H and O–H groups in total. The molecule has 2 heterocycles. The molecule has 1 aliphatic rings. The number of Topliss-reactive ketones (excluding diaryl/α,β-unsaturated/α-hetero) is 1. The average Bonchev–Trinajstić information content (AvgIpc) is 2.93. The molecule has 6 nitrogen and oxygen atoms in total. The van der Waals surface area contributed by atoms with Crippen LogP contribution in [0.1, 0.15) is 9.67 Å². The first-order valence-electron chi connectivity index (χ1n) is 5.51. The van der Waals surface area contributed by atoms with Crippen molar-refractivity contribution in [3.63, 3.8) is 0 Å². The van der Waals surface area contributed by atoms with E-state index in [1.165, 1.54) is 0 Å². The minimum Gasteiger partial charge on any atom is -0.465 e. The van der Waals surface area contributed by atoms with E-state index in [4.69, 9.17) is 16.7 Å². The Bertz CT molecular complexity index is 531. The topological polar surface area (TPSA) is 86.7 Å². The quantitative estimate of drug-likeness (QED) is 0.881. The van der Waals surface area contributed by atoms with Gasteiger partial charge >= 0.3 is 6.09 Å². The molecule has 1 aliphatic heterocycles. The van der Waals surface area contributed by atoms with Gasteiger partial charge in [-0.05, 0) is 12.1 Å². The van der Waals surface area contributed by atoms with Crippen LogP contribution in [-0.4, -0.2) is 47.4 Å². The Morgan fingerprint density at radius 2 is 2.26 bits per heavy atom. The van der Waals surface area contributed by atoms with Crippen LogP contribution < -0.4 is 5.32 Å². The van der Waals surface area contributed by atoms with Crippen LogP contribution in [0, 0.1) is 5.92 Å². The third-order valence-electron chi connectivity index (χ3n) is 2.82. The second-order valence-electron chi connectivity index (χ2n) is 4.14. The standard InChI is InChI=1S/C11H11ClN2O4S/c12-9-2-1-8(19-9)10(16)13-3-6-4-14(11(17)18)5-7(6)15/h1-2,6H,3-5H2,(H,13,16)(H,17,18)/t6-/m1/s1. The highest BCUT2D eigenvalue weighted by molar-refractivity contribution is 7.17. The first-order valence-corrected chi connectivity index (χ1v) is 6.71. The van der Waals surface area contributed by atoms with E-state index in [1.807, 2.05) is 0 Å². The molecule has 0 spiro atoms. The molecule has 0 aliphatic carbocycles. The van der Waals surface area contributed by atoms with Crippen molar-refractivity contribution in [3.05, 3.63) is 21.3 Å². The summed E-state index contributed by atoms with van der Waals surface area (Å²) in [5, 5.41) is 11.4. The number of amides is 2. The zero-order chi connectivity index (χ0) is 14.0. The van der Waals surface area contributed by atoms with E-state index in [0.717, 1.165) is 16.2 Å². The summed E-state index contributed by atoms with van der Waals surface area (Å²) < 4.78 is 0.513. The Balaban J connectivity index is 1.87. The van der Waals surface area contributed by atoms with Crippen LogP contribution in [0.5, 0.6) is 0 Å². The van der Waals surface area contributed by atoms with Crippen molar-refractivity contribution < 1.29 is 19.5 Å². The van der Waals surface area contributed by atoms with Gasteiger partial charge in [-0.15, -0.1) is 11.3 Å². The Morgan fingerprint density at radius 1 is 1.53 bits per heavy atom. The van der Waals surface area contributed by atoms with Gasteiger partial charge in [0.15, 0.2) is 5.78 Å². The van der Waals surface area contributed by atoms with Gasteiger partial charge in [0.1, 0.15) is 0 Å². The van der Waals surface area contributed by atoms with E-state index in [1.54, 1.807) is 12.1 Å². The molecule has 1 aromatic heterocycles. The van der Waals surface area contributed by atoms with E-state index in [9.17, 15) is 14.4 Å². The van der Waals surface area contributed by atoms with E-state index in [2.05, 4.69) is 5.32 Å². The van der Waals surface area contributed by atoms with Crippen molar-refractivity contribution >= 4 is 40.7 Å². The predicted molar refractivity (Wildman–Crippen MR) is 69.8 cm³/mol. The number of thiophene rings is 1. The predicted octanol–water partition coefficient (Wildman–Crippen LogP) is 1.31. The highest BCUT2D eigenvalue weighted by atomic mass is 35.5. The maximum Gasteiger partial charge on any atom is 0.407 e. The fourth-order valence-electron chi connectivity index (χ4n) is 1.81. The fraction of sp³-hybridized carbons (Fsp3) is 0.364. The van der Waals surface area contributed by atoms with Crippen molar-refractivity contribution in [1.82, 2.24) is 10.2 Å². The van der Waals surface area contributed by atoms with Crippen LogP contribution in [0.15, 0.2) is 12.1 Å². The van der Waals surface area contributed by atoms with Gasteiger partial charge in [-0.3, -0.25) is 9.59 Å². The Kier molecular flexibility index (Phi) is 4.06. The summed E-state index contributed by atoms with van der Waals surface area (Å²) in [6, 6.07) is 3.22. The first-order chi connectivity index (χ1) is 8.97. The normalized spacial score (nSPS) is 18.7. The number of carbonyl (C=O) groups is 3. The van der Waals surface area contributed by atoms with Crippen LogP contribution in [0.3, 0.4) is 0 Å². The third kappa shape index (κ3) is 3.24. The molecule has 0 bridgehead atoms. The second kappa shape index (κ2) is 5.58. The molecule has 19 heavy (non-hydrogen) atoms. The zero-order valence-corrected chi connectivity index (χ0v) is 11.3. The summed E-state index contributed by atoms with van der Waals surface area (Å²) >= 11 is 6.87. The number of likely N-dealkylation sites (tertiary alicyclic amines) is 1. The number of ketones is 1. The number of hydrogen-bond donors (Lipinski definition) is 2. The molecule has 0 unspecified atom stereocenters. The summed E-state index contributed by atoms with van der Waals surface area (Å²) in [4.78, 5) is 35.5. The monoisotopic (exact) mass is 302 g/mol. The summed E-state index contributed by atoms with van der Waals surface area (Å²) in [5.74, 6) is -0.958. The van der Waals surface area contributed by atoms with Crippen LogP contribution in [-0.2, 0) is 4.79 Å². The van der Waals surface area contributed by atoms with Gasteiger partial charge in [-0.1, -0.05) is 11.6 Å². The number of nitrogens with zero attached hydrogens (tertiary/aromatic N) is 1. The largest absolute Gasteiger partial charge is 0.465 e. The van der Waals surface area contributed by atoms with Crippen LogP contribution in [0.4, 0.5) is 4.79 Å². The van der Waals surface area contributed by atoms with E-state index < -0.39 is 12.0 Å². The molecule has 1 atom stereocenters. The van der Waals surface area contributed by atoms with Gasteiger partial charge in [0.25, 0.3) is 5.91 Å². The van der Waals surface area contributed by atoms with Crippen molar-refractivity contribution in [1.29, 1.82) is 0 Å². The summed E-state index contributed by atoms with van der Waals surface area (Å²) in [6.45, 7) is 0.150. The molecule has 0 radical (unpaired) electrons. The summed E-state index contributed by atoms with van der Waals surface area (Å²) in [7, 11) is 0. The van der Waals surface area contributed by atoms with Crippen molar-refractivity contribution in [2.75, 3.05) is 19.6 Å². The zero-order valence-electron chi connectivity index (χ0n) is 9.76. The minimum absolute atomic E-state index is 0.110. The van der Waals surface area contributed by atoms with Crippen LogP contribution in [0.25, 0.3) is 0 Å². The molecular weight excluding hydrogens is 292 g/mol. The van der Waals surface area contributed by atoms with Gasteiger partial charge in [-0.25, -0.2) is 4.79 Å². The number of halogens is 1. The molecular formula is C11H11ClN2O4S. The maximum atomic E-state index is 11.7. The second-order valence-corrected chi connectivity index (χ2v) is 5.86. The van der Waals surface area contributed by atoms with E-state index >= 15 is 0 Å². The van der Waals surface area contributed by atoms with Gasteiger partial charge < -0.3 is 15.3 Å². The number of hydrogen-bond acceptors (Lipinski definition) is 4. The van der Waals surface area contributed by atoms with Gasteiger partial charge in [0.05, 0.1) is 21.7 Å². The lowest BCUT2D eigenvalue weighted by Gasteiger charge is -2.11. The molecule has 2 amide bonds. The Morgan fingerprint density at radius 3 is 2.79 bits per heavy atom. The van der Waals surface area contributed by atoms with Crippen molar-refractivity contribution in [2.45, 2.75) is 0 Å². The molecule has 1 saturated heterocycles. The summed E-state index contributed by atoms with van der Waals surface area (Å²) in [5.41, 5.74) is 0. The fourth-order valence-corrected chi connectivity index (χ4v) is 2.77. The lowest BCUT2D eigenvalue weighted by atomic mass is 10.1. The van der Waals surface area contributed by atoms with Crippen molar-refractivity contribution in [2.24, 2.45) is 5.92 Å². The van der Waals surface area contributed by atoms with E-state index in [-0.39, 0.29) is 31.3 Å². The summed E-state index contributed by atoms with van der Waals surface area (Å²) in [6.07, 6.45) is -1.12. The minimum atomic E-state index is -1.12. The molecule has 0 aromatic carbocycles. The van der Waals surface area contributed by atoms with Gasteiger partial charge in [0.2, 0.25) is 0 Å². The number of rotatable bonds is 3. The van der Waals surface area contributed by atoms with Crippen LogP contribution in [0.2, 0.25) is 4.34 Å². The average molecular weight is 303 g/mol. The first kappa shape index (κ1) is 13.8. The molecule has 8 heteroatoms. The highest BCUT2D eigenvalue weighted by Gasteiger charge is 2.33. The number of carboxylic acid groups (broad SMARTS) is 1. The Hall–Kier alpha value is -1.60. The van der Waals surface area contributed by atoms with Gasteiger partial charge in [-0.2, -0.15) is 0 Å². The lowest BCUT2D eigenvalue weighted by molar-refractivity contribution is -0.119. The SMILES string of the molecule is O=C(NC[C@@H]1CN(C(=O)O)CC1=O)c1ccc(Cl)s1. The molecule has 2 rings (SSSR count). The lowest BCUT2D eigenvalue weighted by Crippen LogP contribution is -2.33. The maximum absolute atomic E-state index is 11.7. The van der Waals surface area contributed by atoms with Gasteiger partial charge in [0, 0.05) is 13.1 Å². The highest BCUT2D eigenvalue weighted by Crippen LogP contribution is 2.21. The number of carbonyl (C=O) groups excluding carboxylic acids is 2. The van der Waals surface area contributed by atoms with Crippen LogP contribution >= 0.6 is 22.9 Å². The Labute approximate surface area is 118 Å². The smallest absolute Gasteiger partial charge is 0.407 e. The molecule has 1 fully saturated rings. The number of nitrogens with one attached hydrogen (secondary N) is 1. The molecule has 0 saturated carbocycles. The van der Waals surface area contributed by atoms with E-state index in [0.29, 0.717) is 9.21 Å². The molecule has 102 valence electrons. The third-order valence-corrected chi connectivity index (χ3v) is 4.05. The van der Waals surface area contributed by atoms with Crippen molar-refractivity contribution in [3.8, 4) is 0 Å².